The van der Waals surface area contributed by atoms with Gasteiger partial charge in [0.15, 0.2) is 0 Å². The number of halogens is 1. The van der Waals surface area contributed by atoms with Crippen LogP contribution in [0.25, 0.3) is 0 Å². The van der Waals surface area contributed by atoms with Crippen LogP contribution in [0.15, 0.2) is 78.9 Å². The summed E-state index contributed by atoms with van der Waals surface area (Å²) in [4.78, 5) is 58.8. The van der Waals surface area contributed by atoms with Crippen LogP contribution in [-0.4, -0.2) is 80.7 Å². The summed E-state index contributed by atoms with van der Waals surface area (Å²) >= 11 is 6.39. The molecule has 1 aliphatic rings. The van der Waals surface area contributed by atoms with Crippen molar-refractivity contribution in [3.05, 3.63) is 112 Å². The Hall–Kier alpha value is -5.95. The SMILES string of the molecule is CC[C@H](NC(=O)N1CC(=O)N(Cc2c(OC)cc(OC)cc2OC)C[C@@H](Cc2cc(Cl)ccc2OC)C1=O)c1ccc(C(=O)OC(C)(C)C)c(OCc2ccccc2)c1. The first-order valence-electron chi connectivity index (χ1n) is 19.2. The Labute approximate surface area is 350 Å². The minimum Gasteiger partial charge on any atom is -0.496 e. The van der Waals surface area contributed by atoms with Gasteiger partial charge in [-0.3, -0.25) is 14.5 Å². The Bertz CT molecular complexity index is 2110. The Morgan fingerprint density at radius 1 is 0.847 bits per heavy atom. The van der Waals surface area contributed by atoms with Crippen LogP contribution < -0.4 is 29.0 Å². The van der Waals surface area contributed by atoms with Gasteiger partial charge in [-0.05, 0) is 80.6 Å². The van der Waals surface area contributed by atoms with Gasteiger partial charge in [0.2, 0.25) is 11.8 Å². The predicted octanol–water partition coefficient (Wildman–Crippen LogP) is 7.80. The van der Waals surface area contributed by atoms with E-state index in [4.69, 9.17) is 40.0 Å². The summed E-state index contributed by atoms with van der Waals surface area (Å²) in [6.45, 7) is 6.83. The van der Waals surface area contributed by atoms with E-state index in [1.807, 2.05) is 37.3 Å². The van der Waals surface area contributed by atoms with Gasteiger partial charge in [-0.15, -0.1) is 0 Å². The third kappa shape index (κ3) is 11.2. The fraction of sp³-hybridized carbons (Fsp3) is 0.378. The highest BCUT2D eigenvalue weighted by Crippen LogP contribution is 2.36. The third-order valence-electron chi connectivity index (χ3n) is 9.79. The molecule has 4 aromatic rings. The zero-order valence-electron chi connectivity index (χ0n) is 34.8. The molecule has 1 aliphatic heterocycles. The molecule has 1 saturated heterocycles. The second-order valence-electron chi connectivity index (χ2n) is 15.0. The average molecular weight is 830 g/mol. The highest BCUT2D eigenvalue weighted by atomic mass is 35.5. The number of esters is 1. The number of nitrogens with zero attached hydrogens (tertiary/aromatic N) is 2. The van der Waals surface area contributed by atoms with Gasteiger partial charge in [-0.1, -0.05) is 54.9 Å². The van der Waals surface area contributed by atoms with Crippen LogP contribution in [0.1, 0.15) is 72.8 Å². The minimum atomic E-state index is -0.888. The molecule has 0 aliphatic carbocycles. The molecule has 5 rings (SSSR count). The molecule has 1 N–H and O–H groups in total. The monoisotopic (exact) mass is 829 g/mol. The Morgan fingerprint density at radius 2 is 1.53 bits per heavy atom. The van der Waals surface area contributed by atoms with Crippen molar-refractivity contribution >= 4 is 35.4 Å². The van der Waals surface area contributed by atoms with Crippen LogP contribution >= 0.6 is 11.6 Å². The first kappa shape index (κ1) is 44.2. The van der Waals surface area contributed by atoms with Gasteiger partial charge >= 0.3 is 12.0 Å². The number of ether oxygens (including phenoxy) is 6. The molecule has 14 heteroatoms. The van der Waals surface area contributed by atoms with Gasteiger partial charge in [-0.2, -0.15) is 0 Å². The molecule has 0 unspecified atom stereocenters. The standard InChI is InChI=1S/C45H52ClN3O10/c1-9-36(29-15-17-34(43(52)59-45(2,3)4)40(21-29)58-27-28-13-11-10-12-14-28)47-44(53)49-26-41(50)48(25-35-38(56-7)22-33(54-5)23-39(35)57-8)24-31(42(49)51)19-30-20-32(46)16-18-37(30)55-6/h10-18,20-23,31,36H,9,19,24-27H2,1-8H3,(H,47,53)/t31-,36+/m1/s1. The van der Waals surface area contributed by atoms with Crippen LogP contribution in [-0.2, 0) is 33.9 Å². The number of carbonyl (C=O) groups excluding carboxylic acids is 4. The summed E-state index contributed by atoms with van der Waals surface area (Å²) in [5.41, 5.74) is 2.16. The van der Waals surface area contributed by atoms with Crippen molar-refractivity contribution in [3.63, 3.8) is 0 Å². The molecule has 0 aromatic heterocycles. The largest absolute Gasteiger partial charge is 0.496 e. The Kier molecular flexibility index (Phi) is 14.7. The molecular weight excluding hydrogens is 778 g/mol. The number of rotatable bonds is 15. The summed E-state index contributed by atoms with van der Waals surface area (Å²) < 4.78 is 34.2. The second kappa shape index (κ2) is 19.7. The Balaban J connectivity index is 1.47. The number of carbonyl (C=O) groups is 4. The molecule has 0 spiro atoms. The lowest BCUT2D eigenvalue weighted by Gasteiger charge is -2.26. The molecule has 2 atom stereocenters. The lowest BCUT2D eigenvalue weighted by atomic mass is 9.96. The van der Waals surface area contributed by atoms with Crippen molar-refractivity contribution in [2.45, 2.75) is 65.3 Å². The van der Waals surface area contributed by atoms with E-state index in [1.165, 1.54) is 33.3 Å². The number of hydrogen-bond acceptors (Lipinski definition) is 10. The predicted molar refractivity (Wildman–Crippen MR) is 222 cm³/mol. The zero-order chi connectivity index (χ0) is 42.9. The third-order valence-corrected chi connectivity index (χ3v) is 10.0. The molecule has 1 heterocycles. The van der Waals surface area contributed by atoms with Crippen molar-refractivity contribution in [3.8, 4) is 28.7 Å². The summed E-state index contributed by atoms with van der Waals surface area (Å²) in [6, 6.07) is 21.6. The van der Waals surface area contributed by atoms with Crippen LogP contribution in [0.5, 0.6) is 28.7 Å². The van der Waals surface area contributed by atoms with Gasteiger partial charge in [-0.25, -0.2) is 9.59 Å². The topological polar surface area (TPSA) is 142 Å². The van der Waals surface area contributed by atoms with Gasteiger partial charge in [0, 0.05) is 23.7 Å². The fourth-order valence-electron chi connectivity index (χ4n) is 6.81. The summed E-state index contributed by atoms with van der Waals surface area (Å²) in [6.07, 6.45) is 0.510. The first-order valence-corrected chi connectivity index (χ1v) is 19.6. The molecule has 4 amide bonds. The molecule has 0 radical (unpaired) electrons. The highest BCUT2D eigenvalue weighted by Gasteiger charge is 2.39. The molecule has 13 nitrogen and oxygen atoms in total. The fourth-order valence-corrected chi connectivity index (χ4v) is 7.01. The van der Waals surface area contributed by atoms with E-state index < -0.39 is 47.9 Å². The van der Waals surface area contributed by atoms with E-state index >= 15 is 0 Å². The number of nitrogens with one attached hydrogen (secondary N) is 1. The van der Waals surface area contributed by atoms with Gasteiger partial charge in [0.05, 0.1) is 52.5 Å². The highest BCUT2D eigenvalue weighted by molar-refractivity contribution is 6.30. The summed E-state index contributed by atoms with van der Waals surface area (Å²) in [7, 11) is 6.04. The van der Waals surface area contributed by atoms with Crippen molar-refractivity contribution in [2.75, 3.05) is 41.5 Å². The van der Waals surface area contributed by atoms with Crippen LogP contribution in [0, 0.1) is 5.92 Å². The van der Waals surface area contributed by atoms with E-state index in [9.17, 15) is 19.2 Å². The quantitative estimate of drug-likeness (QED) is 0.118. The molecule has 0 saturated carbocycles. The van der Waals surface area contributed by atoms with Crippen molar-refractivity contribution in [2.24, 2.45) is 5.92 Å². The van der Waals surface area contributed by atoms with Gasteiger partial charge < -0.3 is 38.6 Å². The normalized spacial score (nSPS) is 14.9. The minimum absolute atomic E-state index is 0.00837. The smallest absolute Gasteiger partial charge is 0.342 e. The first-order chi connectivity index (χ1) is 28.2. The number of benzene rings is 4. The van der Waals surface area contributed by atoms with Gasteiger partial charge in [0.1, 0.15) is 53.1 Å². The number of urea groups is 1. The maximum Gasteiger partial charge on any atom is 0.342 e. The maximum atomic E-state index is 14.5. The molecular formula is C45H52ClN3O10. The van der Waals surface area contributed by atoms with Crippen LogP contribution in [0.3, 0.4) is 0 Å². The molecule has 59 heavy (non-hydrogen) atoms. The summed E-state index contributed by atoms with van der Waals surface area (Å²) in [5.74, 6) is -0.374. The van der Waals surface area contributed by atoms with E-state index in [2.05, 4.69) is 5.32 Å². The summed E-state index contributed by atoms with van der Waals surface area (Å²) in [5, 5.41) is 3.41. The van der Waals surface area contributed by atoms with Gasteiger partial charge in [0.25, 0.3) is 0 Å². The van der Waals surface area contributed by atoms with Crippen molar-refractivity contribution in [1.29, 1.82) is 0 Å². The number of imide groups is 1. The zero-order valence-corrected chi connectivity index (χ0v) is 35.5. The second-order valence-corrected chi connectivity index (χ2v) is 15.4. The van der Waals surface area contributed by atoms with E-state index in [1.54, 1.807) is 69.3 Å². The average Bonchev–Trinajstić information content (AvgIpc) is 3.33. The van der Waals surface area contributed by atoms with Crippen LogP contribution in [0.4, 0.5) is 4.79 Å². The lowest BCUT2D eigenvalue weighted by molar-refractivity contribution is -0.135. The Morgan fingerprint density at radius 3 is 2.14 bits per heavy atom. The lowest BCUT2D eigenvalue weighted by Crippen LogP contribution is -2.48. The van der Waals surface area contributed by atoms with Crippen molar-refractivity contribution < 1.29 is 47.6 Å². The number of methoxy groups -OCH3 is 4. The maximum absolute atomic E-state index is 14.5. The molecule has 314 valence electrons. The number of amides is 4. The van der Waals surface area contributed by atoms with E-state index in [0.717, 1.165) is 10.5 Å². The molecule has 4 aromatic carbocycles. The molecule has 1 fully saturated rings. The van der Waals surface area contributed by atoms with Crippen molar-refractivity contribution in [1.82, 2.24) is 15.1 Å². The van der Waals surface area contributed by atoms with E-state index in [-0.39, 0.29) is 37.4 Å². The molecule has 0 bridgehead atoms. The van der Waals surface area contributed by atoms with E-state index in [0.29, 0.717) is 51.1 Å². The number of hydrogen-bond donors (Lipinski definition) is 1. The van der Waals surface area contributed by atoms with Crippen LogP contribution in [0.2, 0.25) is 5.02 Å².